The maximum absolute atomic E-state index is 13.5. The highest BCUT2D eigenvalue weighted by Gasteiger charge is 2.24. The molecule has 0 heterocycles. The van der Waals surface area contributed by atoms with Crippen molar-refractivity contribution in [1.82, 2.24) is 10.2 Å². The van der Waals surface area contributed by atoms with Crippen molar-refractivity contribution in [2.24, 2.45) is 0 Å². The molecule has 31 heavy (non-hydrogen) atoms. The molecule has 1 saturated carbocycles. The highest BCUT2D eigenvalue weighted by molar-refractivity contribution is 6.01. The first-order chi connectivity index (χ1) is 15.1. The maximum Gasteiger partial charge on any atom is 0.258 e. The van der Waals surface area contributed by atoms with Crippen molar-refractivity contribution in [1.29, 1.82) is 0 Å². The van der Waals surface area contributed by atoms with Gasteiger partial charge in [-0.05, 0) is 41.3 Å². The largest absolute Gasteiger partial charge is 0.483 e. The molecule has 3 aromatic rings. The topological polar surface area (TPSA) is 78.9 Å². The monoisotopic (exact) mass is 418 g/mol. The number of hydrogen-bond acceptors (Lipinski definition) is 4. The highest BCUT2D eigenvalue weighted by Crippen LogP contribution is 2.28. The van der Waals surface area contributed by atoms with Gasteiger partial charge in [0.25, 0.3) is 11.8 Å². The van der Waals surface area contributed by atoms with Gasteiger partial charge in [-0.25, -0.2) is 0 Å². The van der Waals surface area contributed by atoms with Crippen LogP contribution in [-0.2, 0) is 11.3 Å². The summed E-state index contributed by atoms with van der Waals surface area (Å²) in [7, 11) is 0. The fourth-order valence-electron chi connectivity index (χ4n) is 3.49. The smallest absolute Gasteiger partial charge is 0.258 e. The molecule has 2 N–H and O–H groups in total. The van der Waals surface area contributed by atoms with E-state index in [1.807, 2.05) is 54.6 Å². The highest BCUT2D eigenvalue weighted by atomic mass is 16.5. The third-order valence-corrected chi connectivity index (χ3v) is 5.25. The van der Waals surface area contributed by atoms with E-state index in [4.69, 9.17) is 4.74 Å². The van der Waals surface area contributed by atoms with Crippen molar-refractivity contribution in [2.75, 3.05) is 19.8 Å². The standard InChI is InChI=1S/C25H26N2O4/c28-13-12-27(16-18-6-2-1-3-7-18)25(30)22-14-19-8-4-5-9-20(19)15-23(22)31-17-24(29)26-21-10-11-21/h1-9,14-15,21,28H,10-13,16-17H2,(H,26,29). The number of benzene rings is 3. The number of carbonyl (C=O) groups is 2. The van der Waals surface area contributed by atoms with Crippen LogP contribution in [0.3, 0.4) is 0 Å². The van der Waals surface area contributed by atoms with Crippen LogP contribution >= 0.6 is 0 Å². The number of aliphatic hydroxyl groups is 1. The molecule has 160 valence electrons. The van der Waals surface area contributed by atoms with Gasteiger partial charge in [-0.15, -0.1) is 0 Å². The van der Waals surface area contributed by atoms with E-state index in [9.17, 15) is 14.7 Å². The van der Waals surface area contributed by atoms with Crippen molar-refractivity contribution >= 4 is 22.6 Å². The number of carbonyl (C=O) groups excluding carboxylic acids is 2. The van der Waals surface area contributed by atoms with Gasteiger partial charge in [0.2, 0.25) is 0 Å². The molecule has 1 aliphatic rings. The molecule has 0 aliphatic heterocycles. The van der Waals surface area contributed by atoms with Gasteiger partial charge in [-0.1, -0.05) is 54.6 Å². The van der Waals surface area contributed by atoms with Gasteiger partial charge < -0.3 is 20.1 Å². The van der Waals surface area contributed by atoms with Gasteiger partial charge in [-0.3, -0.25) is 9.59 Å². The Hall–Kier alpha value is -3.38. The van der Waals surface area contributed by atoms with E-state index >= 15 is 0 Å². The maximum atomic E-state index is 13.5. The SMILES string of the molecule is O=C(COc1cc2ccccc2cc1C(=O)N(CCO)Cc1ccccc1)NC1CC1. The Labute approximate surface area is 181 Å². The summed E-state index contributed by atoms with van der Waals surface area (Å²) < 4.78 is 5.81. The van der Waals surface area contributed by atoms with Gasteiger partial charge in [-0.2, -0.15) is 0 Å². The lowest BCUT2D eigenvalue weighted by molar-refractivity contribution is -0.123. The second-order valence-electron chi connectivity index (χ2n) is 7.76. The van der Waals surface area contributed by atoms with E-state index < -0.39 is 0 Å². The van der Waals surface area contributed by atoms with Crippen LogP contribution in [-0.4, -0.2) is 47.6 Å². The van der Waals surface area contributed by atoms with Gasteiger partial charge in [0.1, 0.15) is 5.75 Å². The first-order valence-electron chi connectivity index (χ1n) is 10.5. The van der Waals surface area contributed by atoms with Crippen LogP contribution in [0.15, 0.2) is 66.7 Å². The van der Waals surface area contributed by atoms with Crippen LogP contribution < -0.4 is 10.1 Å². The molecular weight excluding hydrogens is 392 g/mol. The molecule has 0 unspecified atom stereocenters. The van der Waals surface area contributed by atoms with Gasteiger partial charge in [0.15, 0.2) is 6.61 Å². The molecule has 3 aromatic carbocycles. The Bertz CT molecular complexity index is 1060. The molecule has 0 atom stereocenters. The third-order valence-electron chi connectivity index (χ3n) is 5.25. The van der Waals surface area contributed by atoms with Crippen LogP contribution in [0.25, 0.3) is 10.8 Å². The lowest BCUT2D eigenvalue weighted by Gasteiger charge is -2.23. The fourth-order valence-corrected chi connectivity index (χ4v) is 3.49. The zero-order chi connectivity index (χ0) is 21.6. The molecule has 0 saturated heterocycles. The molecule has 1 aliphatic carbocycles. The predicted molar refractivity (Wildman–Crippen MR) is 119 cm³/mol. The zero-order valence-electron chi connectivity index (χ0n) is 17.3. The van der Waals surface area contributed by atoms with Gasteiger partial charge in [0, 0.05) is 19.1 Å². The second-order valence-corrected chi connectivity index (χ2v) is 7.76. The summed E-state index contributed by atoms with van der Waals surface area (Å²) in [6.07, 6.45) is 2.00. The van der Waals surface area contributed by atoms with Gasteiger partial charge in [0.05, 0.1) is 12.2 Å². The summed E-state index contributed by atoms with van der Waals surface area (Å²) in [5.41, 5.74) is 1.35. The fraction of sp³-hybridized carbons (Fsp3) is 0.280. The van der Waals surface area contributed by atoms with Crippen LogP contribution in [0.1, 0.15) is 28.8 Å². The van der Waals surface area contributed by atoms with Crippen molar-refractivity contribution < 1.29 is 19.4 Å². The first-order valence-corrected chi connectivity index (χ1v) is 10.5. The normalized spacial score (nSPS) is 13.1. The van der Waals surface area contributed by atoms with E-state index in [0.29, 0.717) is 17.9 Å². The number of amides is 2. The van der Waals surface area contributed by atoms with E-state index in [-0.39, 0.29) is 37.6 Å². The van der Waals surface area contributed by atoms with Crippen molar-refractivity contribution in [3.63, 3.8) is 0 Å². The van der Waals surface area contributed by atoms with Crippen LogP contribution in [0, 0.1) is 0 Å². The number of hydrogen-bond donors (Lipinski definition) is 2. The first kappa shape index (κ1) is 20.9. The number of nitrogens with zero attached hydrogens (tertiary/aromatic N) is 1. The molecule has 2 amide bonds. The summed E-state index contributed by atoms with van der Waals surface area (Å²) in [5.74, 6) is -0.0718. The second kappa shape index (κ2) is 9.62. The number of rotatable bonds is 9. The Kier molecular flexibility index (Phi) is 6.48. The minimum Gasteiger partial charge on any atom is -0.483 e. The molecule has 1 fully saturated rings. The number of aliphatic hydroxyl groups excluding tert-OH is 1. The Morgan fingerprint density at radius 3 is 2.35 bits per heavy atom. The Balaban J connectivity index is 1.62. The molecule has 0 bridgehead atoms. The average Bonchev–Trinajstić information content (AvgIpc) is 3.61. The van der Waals surface area contributed by atoms with E-state index in [1.165, 1.54) is 0 Å². The van der Waals surface area contributed by atoms with Crippen molar-refractivity contribution in [2.45, 2.75) is 25.4 Å². The average molecular weight is 418 g/mol. The predicted octanol–water partition coefficient (Wildman–Crippen LogP) is 3.13. The Morgan fingerprint density at radius 2 is 1.68 bits per heavy atom. The van der Waals surface area contributed by atoms with Crippen molar-refractivity contribution in [3.05, 3.63) is 77.9 Å². The lowest BCUT2D eigenvalue weighted by Crippen LogP contribution is -2.34. The van der Waals surface area contributed by atoms with E-state index in [1.54, 1.807) is 17.0 Å². The molecule has 6 nitrogen and oxygen atoms in total. The molecule has 0 spiro atoms. The minimum atomic E-state index is -0.249. The summed E-state index contributed by atoms with van der Waals surface area (Å²) in [4.78, 5) is 27.2. The van der Waals surface area contributed by atoms with Crippen LogP contribution in [0.2, 0.25) is 0 Å². The minimum absolute atomic E-state index is 0.145. The molecule has 0 radical (unpaired) electrons. The quantitative estimate of drug-likeness (QED) is 0.560. The van der Waals surface area contributed by atoms with Crippen molar-refractivity contribution in [3.8, 4) is 5.75 Å². The van der Waals surface area contributed by atoms with Crippen LogP contribution in [0.5, 0.6) is 5.75 Å². The Morgan fingerprint density at radius 1 is 1.00 bits per heavy atom. The third kappa shape index (κ3) is 5.41. The number of fused-ring (bicyclic) bond motifs is 1. The summed E-state index contributed by atoms with van der Waals surface area (Å²) >= 11 is 0. The van der Waals surface area contributed by atoms with E-state index in [0.717, 1.165) is 29.2 Å². The van der Waals surface area contributed by atoms with Gasteiger partial charge >= 0.3 is 0 Å². The molecule has 6 heteroatoms. The zero-order valence-corrected chi connectivity index (χ0v) is 17.3. The summed E-state index contributed by atoms with van der Waals surface area (Å²) in [6, 6.07) is 21.2. The summed E-state index contributed by atoms with van der Waals surface area (Å²) in [5, 5.41) is 14.3. The lowest BCUT2D eigenvalue weighted by atomic mass is 10.0. The molecule has 0 aromatic heterocycles. The molecular formula is C25H26N2O4. The van der Waals surface area contributed by atoms with E-state index in [2.05, 4.69) is 5.32 Å². The van der Waals surface area contributed by atoms with Crippen LogP contribution in [0.4, 0.5) is 0 Å². The number of nitrogens with one attached hydrogen (secondary N) is 1. The summed E-state index contributed by atoms with van der Waals surface area (Å²) in [6.45, 7) is 0.275. The number of ether oxygens (including phenoxy) is 1. The molecule has 4 rings (SSSR count).